The lowest BCUT2D eigenvalue weighted by Crippen LogP contribution is -2.54. The van der Waals surface area contributed by atoms with Gasteiger partial charge >= 0.3 is 6.09 Å². The van der Waals surface area contributed by atoms with Gasteiger partial charge in [0.1, 0.15) is 17.7 Å². The first-order chi connectivity index (χ1) is 17.1. The number of aryl methyl sites for hydroxylation is 1. The number of alkyl carbamates (subject to hydrolysis) is 1. The Labute approximate surface area is 220 Å². The van der Waals surface area contributed by atoms with Gasteiger partial charge in [-0.25, -0.2) is 4.79 Å². The Morgan fingerprint density at radius 3 is 2.33 bits per heavy atom. The van der Waals surface area contributed by atoms with Gasteiger partial charge in [0.05, 0.1) is 0 Å². The number of benzene rings is 1. The summed E-state index contributed by atoms with van der Waals surface area (Å²) in [6.07, 6.45) is 8.91. The molecule has 3 amide bonds. The fourth-order valence-corrected chi connectivity index (χ4v) is 5.30. The molecule has 2 N–H and O–H groups in total. The summed E-state index contributed by atoms with van der Waals surface area (Å²) in [7, 11) is 0. The van der Waals surface area contributed by atoms with Gasteiger partial charge in [0.15, 0.2) is 0 Å². The molecule has 3 rings (SSSR count). The number of thioether (sulfide) groups is 1. The van der Waals surface area contributed by atoms with Crippen LogP contribution in [0.2, 0.25) is 0 Å². The minimum absolute atomic E-state index is 0.0172. The summed E-state index contributed by atoms with van der Waals surface area (Å²) in [5.41, 5.74) is 1.14. The summed E-state index contributed by atoms with van der Waals surface area (Å²) in [6.45, 7) is 7.37. The van der Waals surface area contributed by atoms with Crippen molar-refractivity contribution in [2.45, 2.75) is 109 Å². The first-order valence-electron chi connectivity index (χ1n) is 13.3. The van der Waals surface area contributed by atoms with Crippen LogP contribution < -0.4 is 10.6 Å². The Morgan fingerprint density at radius 2 is 1.75 bits per heavy atom. The predicted molar refractivity (Wildman–Crippen MR) is 145 cm³/mol. The van der Waals surface area contributed by atoms with Crippen LogP contribution >= 0.6 is 11.8 Å². The third-order valence-corrected chi connectivity index (χ3v) is 7.40. The van der Waals surface area contributed by atoms with Crippen LogP contribution in [0, 0.1) is 6.92 Å². The standard InChI is InChI=1S/C28H43N3O4S/c1-19-11-9-10-14-22(19)24(25(32)29-20-12-7-6-8-13-20)31(21-15-16-21)26(33)23(17-18-36-5)30-27(34)35-28(2,3)4/h9-11,14,20-21,23-24H,6-8,12-13,15-18H2,1-5H3,(H,29,32)(H,30,34). The van der Waals surface area contributed by atoms with E-state index in [0.29, 0.717) is 12.2 Å². The lowest BCUT2D eigenvalue weighted by molar-refractivity contribution is -0.143. The van der Waals surface area contributed by atoms with E-state index in [1.165, 1.54) is 6.42 Å². The SMILES string of the molecule is CSCCC(NC(=O)OC(C)(C)C)C(=O)N(C1CC1)C(C(=O)NC1CCCCC1)c1ccccc1C. The topological polar surface area (TPSA) is 87.7 Å². The molecule has 2 aliphatic rings. The van der Waals surface area contributed by atoms with E-state index in [2.05, 4.69) is 10.6 Å². The molecule has 0 spiro atoms. The molecule has 2 aliphatic carbocycles. The van der Waals surface area contributed by atoms with Crippen LogP contribution in [-0.2, 0) is 14.3 Å². The largest absolute Gasteiger partial charge is 0.444 e. The van der Waals surface area contributed by atoms with E-state index >= 15 is 0 Å². The van der Waals surface area contributed by atoms with E-state index in [1.54, 1.807) is 37.4 Å². The Morgan fingerprint density at radius 1 is 1.08 bits per heavy atom. The number of ether oxygens (including phenoxy) is 1. The molecular formula is C28H43N3O4S. The van der Waals surface area contributed by atoms with Crippen LogP contribution in [0.5, 0.6) is 0 Å². The molecule has 7 nitrogen and oxygen atoms in total. The number of carbonyl (C=O) groups is 3. The fraction of sp³-hybridized carbons (Fsp3) is 0.679. The van der Waals surface area contributed by atoms with Crippen molar-refractivity contribution in [1.29, 1.82) is 0 Å². The second-order valence-corrected chi connectivity index (χ2v) is 12.0. The van der Waals surface area contributed by atoms with Crippen molar-refractivity contribution in [2.75, 3.05) is 12.0 Å². The second kappa shape index (κ2) is 12.8. The molecule has 2 atom stereocenters. The van der Waals surface area contributed by atoms with Crippen molar-refractivity contribution in [3.63, 3.8) is 0 Å². The van der Waals surface area contributed by atoms with Gasteiger partial charge in [-0.05, 0) is 82.9 Å². The van der Waals surface area contributed by atoms with E-state index in [4.69, 9.17) is 4.74 Å². The maximum absolute atomic E-state index is 14.1. The molecule has 0 heterocycles. The van der Waals surface area contributed by atoms with E-state index in [0.717, 1.165) is 49.7 Å². The minimum Gasteiger partial charge on any atom is -0.444 e. The molecule has 1 aromatic rings. The molecule has 2 unspecified atom stereocenters. The molecule has 2 saturated carbocycles. The zero-order valence-electron chi connectivity index (χ0n) is 22.5. The number of carbonyl (C=O) groups excluding carboxylic acids is 3. The zero-order valence-corrected chi connectivity index (χ0v) is 23.3. The molecule has 0 aliphatic heterocycles. The van der Waals surface area contributed by atoms with E-state index in [1.807, 2.05) is 37.4 Å². The molecule has 1 aromatic carbocycles. The molecule has 8 heteroatoms. The van der Waals surface area contributed by atoms with Gasteiger partial charge in [-0.3, -0.25) is 9.59 Å². The van der Waals surface area contributed by atoms with Crippen LogP contribution in [0.3, 0.4) is 0 Å². The Hall–Kier alpha value is -2.22. The number of nitrogens with one attached hydrogen (secondary N) is 2. The smallest absolute Gasteiger partial charge is 0.408 e. The van der Waals surface area contributed by atoms with Crippen LogP contribution in [0.15, 0.2) is 24.3 Å². The highest BCUT2D eigenvalue weighted by atomic mass is 32.2. The Balaban J connectivity index is 1.92. The molecule has 0 saturated heterocycles. The van der Waals surface area contributed by atoms with Crippen molar-refractivity contribution in [3.8, 4) is 0 Å². The summed E-state index contributed by atoms with van der Waals surface area (Å²) in [6, 6.07) is 6.42. The van der Waals surface area contributed by atoms with Crippen LogP contribution in [0.1, 0.15) is 89.3 Å². The third kappa shape index (κ3) is 8.15. The van der Waals surface area contributed by atoms with Crippen molar-refractivity contribution in [3.05, 3.63) is 35.4 Å². The lowest BCUT2D eigenvalue weighted by atomic mass is 9.93. The maximum atomic E-state index is 14.1. The minimum atomic E-state index is -0.762. The fourth-order valence-electron chi connectivity index (χ4n) is 4.83. The summed E-state index contributed by atoms with van der Waals surface area (Å²) < 4.78 is 5.46. The first-order valence-corrected chi connectivity index (χ1v) is 14.7. The number of rotatable bonds is 10. The third-order valence-electron chi connectivity index (χ3n) is 6.76. The molecular weight excluding hydrogens is 474 g/mol. The quantitative estimate of drug-likeness (QED) is 0.450. The van der Waals surface area contributed by atoms with E-state index in [9.17, 15) is 14.4 Å². The van der Waals surface area contributed by atoms with Crippen molar-refractivity contribution in [1.82, 2.24) is 15.5 Å². The molecule has 0 radical (unpaired) electrons. The predicted octanol–water partition coefficient (Wildman–Crippen LogP) is 5.12. The van der Waals surface area contributed by atoms with Gasteiger partial charge in [-0.2, -0.15) is 11.8 Å². The number of hydrogen-bond donors (Lipinski definition) is 2. The molecule has 0 bridgehead atoms. The van der Waals surface area contributed by atoms with Gasteiger partial charge < -0.3 is 20.3 Å². The lowest BCUT2D eigenvalue weighted by Gasteiger charge is -2.36. The van der Waals surface area contributed by atoms with Gasteiger partial charge in [-0.15, -0.1) is 0 Å². The van der Waals surface area contributed by atoms with Crippen molar-refractivity contribution in [2.24, 2.45) is 0 Å². The molecule has 36 heavy (non-hydrogen) atoms. The van der Waals surface area contributed by atoms with Crippen LogP contribution in [0.25, 0.3) is 0 Å². The van der Waals surface area contributed by atoms with Gasteiger partial charge in [0.2, 0.25) is 11.8 Å². The summed E-state index contributed by atoms with van der Waals surface area (Å²) in [5.74, 6) is 0.357. The highest BCUT2D eigenvalue weighted by molar-refractivity contribution is 7.98. The first kappa shape index (κ1) is 28.4. The van der Waals surface area contributed by atoms with Crippen LogP contribution in [0.4, 0.5) is 4.79 Å². The average Bonchev–Trinajstić information content (AvgIpc) is 3.65. The van der Waals surface area contributed by atoms with E-state index in [-0.39, 0.29) is 23.9 Å². The number of nitrogens with zero attached hydrogens (tertiary/aromatic N) is 1. The van der Waals surface area contributed by atoms with Crippen molar-refractivity contribution >= 4 is 29.7 Å². The molecule has 0 aromatic heterocycles. The highest BCUT2D eigenvalue weighted by Gasteiger charge is 2.44. The molecule has 2 fully saturated rings. The number of hydrogen-bond acceptors (Lipinski definition) is 5. The number of amides is 3. The van der Waals surface area contributed by atoms with Gasteiger partial charge in [0.25, 0.3) is 0 Å². The average molecular weight is 518 g/mol. The summed E-state index contributed by atoms with van der Waals surface area (Å²) >= 11 is 1.62. The maximum Gasteiger partial charge on any atom is 0.408 e. The summed E-state index contributed by atoms with van der Waals surface area (Å²) in [5, 5.41) is 6.08. The van der Waals surface area contributed by atoms with E-state index < -0.39 is 23.8 Å². The zero-order chi connectivity index (χ0) is 26.3. The Kier molecular flexibility index (Phi) is 10.1. The Bertz CT molecular complexity index is 906. The van der Waals surface area contributed by atoms with Crippen molar-refractivity contribution < 1.29 is 19.1 Å². The second-order valence-electron chi connectivity index (χ2n) is 11.1. The van der Waals surface area contributed by atoms with Gasteiger partial charge in [0, 0.05) is 12.1 Å². The summed E-state index contributed by atoms with van der Waals surface area (Å²) in [4.78, 5) is 42.4. The normalized spacial score (nSPS) is 18.1. The van der Waals surface area contributed by atoms with Crippen LogP contribution in [-0.4, -0.2) is 58.5 Å². The highest BCUT2D eigenvalue weighted by Crippen LogP contribution is 2.37. The molecule has 200 valence electrons. The monoisotopic (exact) mass is 517 g/mol. The van der Waals surface area contributed by atoms with Gasteiger partial charge in [-0.1, -0.05) is 43.5 Å².